The smallest absolute Gasteiger partial charge is 0.377 e. The van der Waals surface area contributed by atoms with Gasteiger partial charge in [0.15, 0.2) is 0 Å². The average molecular weight is 493 g/mol. The Bertz CT molecular complexity index is 1290. The van der Waals surface area contributed by atoms with Crippen LogP contribution >= 0.6 is 0 Å². The van der Waals surface area contributed by atoms with Crippen molar-refractivity contribution >= 4 is 28.0 Å². The Morgan fingerprint density at radius 2 is 1.97 bits per heavy atom. The number of nitro groups is 1. The van der Waals surface area contributed by atoms with E-state index >= 15 is 0 Å². The average Bonchev–Trinajstić information content (AvgIpc) is 2.83. The molecule has 0 saturated carbocycles. The number of aromatic amines is 1. The summed E-state index contributed by atoms with van der Waals surface area (Å²) in [6.07, 6.45) is -0.713. The normalized spacial score (nSPS) is 13.2. The molecule has 0 spiro atoms. The van der Waals surface area contributed by atoms with E-state index in [4.69, 9.17) is 4.74 Å². The number of benzene rings is 1. The van der Waals surface area contributed by atoms with Crippen molar-refractivity contribution in [2.75, 3.05) is 18.5 Å². The first kappa shape index (κ1) is 27.4. The van der Waals surface area contributed by atoms with Gasteiger partial charge < -0.3 is 15.0 Å². The first-order chi connectivity index (χ1) is 16.2. The van der Waals surface area contributed by atoms with Crippen LogP contribution in [0.5, 0.6) is 0 Å². The van der Waals surface area contributed by atoms with Gasteiger partial charge in [0.05, 0.1) is 41.1 Å². The van der Waals surface area contributed by atoms with Crippen molar-refractivity contribution in [3.63, 3.8) is 0 Å². The van der Waals surface area contributed by atoms with Crippen LogP contribution in [0.15, 0.2) is 41.3 Å². The van der Waals surface area contributed by atoms with Gasteiger partial charge in [-0.25, -0.2) is 4.79 Å². The molecule has 1 aliphatic rings. The minimum Gasteiger partial charge on any atom is -0.377 e. The fraction of sp³-hybridized carbons (Fsp3) is 0.348. The van der Waals surface area contributed by atoms with Crippen molar-refractivity contribution in [2.24, 2.45) is 0 Å². The Kier molecular flexibility index (Phi) is 9.06. The third-order valence-electron chi connectivity index (χ3n) is 4.88. The maximum absolute atomic E-state index is 13.1. The third-order valence-corrected chi connectivity index (χ3v) is 4.88. The van der Waals surface area contributed by atoms with Crippen LogP contribution in [0.2, 0.25) is 0 Å². The number of alkyl halides is 3. The molecule has 3 aromatic rings. The molecule has 3 heterocycles. The highest BCUT2D eigenvalue weighted by Gasteiger charge is 2.32. The van der Waals surface area contributed by atoms with Crippen LogP contribution in [0.25, 0.3) is 16.5 Å². The predicted octanol–water partition coefficient (Wildman–Crippen LogP) is 5.32. The fourth-order valence-electron chi connectivity index (χ4n) is 3.36. The number of pyridine rings is 1. The summed E-state index contributed by atoms with van der Waals surface area (Å²) < 4.78 is 44.7. The molecular formula is C23H26F3N5O4. The van der Waals surface area contributed by atoms with Crippen LogP contribution in [0, 0.1) is 10.1 Å². The summed E-state index contributed by atoms with van der Waals surface area (Å²) in [5.74, 6) is 0.125. The van der Waals surface area contributed by atoms with Crippen LogP contribution in [0.4, 0.5) is 24.7 Å². The van der Waals surface area contributed by atoms with Crippen molar-refractivity contribution in [3.05, 3.63) is 74.0 Å². The van der Waals surface area contributed by atoms with Crippen LogP contribution < -0.4 is 11.0 Å². The van der Waals surface area contributed by atoms with E-state index in [-0.39, 0.29) is 25.4 Å². The van der Waals surface area contributed by atoms with E-state index in [0.29, 0.717) is 42.3 Å². The molecule has 0 aliphatic carbocycles. The van der Waals surface area contributed by atoms with Gasteiger partial charge in [0.2, 0.25) is 0 Å². The highest BCUT2D eigenvalue weighted by molar-refractivity contribution is 5.90. The van der Waals surface area contributed by atoms with Crippen molar-refractivity contribution in [1.29, 1.82) is 0 Å². The molecule has 35 heavy (non-hydrogen) atoms. The Morgan fingerprint density at radius 1 is 1.23 bits per heavy atom. The van der Waals surface area contributed by atoms with E-state index in [0.717, 1.165) is 17.7 Å². The van der Waals surface area contributed by atoms with E-state index in [9.17, 15) is 28.1 Å². The quantitative estimate of drug-likeness (QED) is 0.364. The summed E-state index contributed by atoms with van der Waals surface area (Å²) >= 11 is 0. The number of fused-ring (bicyclic) bond motifs is 1. The number of hydrogen-bond acceptors (Lipinski definition) is 7. The number of rotatable bonds is 5. The molecule has 12 heteroatoms. The maximum atomic E-state index is 13.1. The molecule has 2 N–H and O–H groups in total. The molecule has 0 saturated heterocycles. The Balaban J connectivity index is 0.00000140. The van der Waals surface area contributed by atoms with E-state index < -0.39 is 28.0 Å². The number of hydrogen-bond donors (Lipinski definition) is 2. The lowest BCUT2D eigenvalue weighted by atomic mass is 10.1. The van der Waals surface area contributed by atoms with Gasteiger partial charge in [-0.3, -0.25) is 15.1 Å². The number of nitrogens with zero attached hydrogens (tertiary/aromatic N) is 3. The Labute approximate surface area is 199 Å². The molecule has 188 valence electrons. The van der Waals surface area contributed by atoms with E-state index in [1.54, 1.807) is 6.07 Å². The third kappa shape index (κ3) is 6.63. The SMILES string of the molecule is C.CC.O=c1nc(NCc2cc([N+](=O)[O-])cc(C(F)(F)F)c2)c2cc(C3=CCOCC3)ncc2[nH]1. The van der Waals surface area contributed by atoms with Crippen molar-refractivity contribution < 1.29 is 22.8 Å². The lowest BCUT2D eigenvalue weighted by Crippen LogP contribution is -2.15. The van der Waals surface area contributed by atoms with E-state index in [1.807, 2.05) is 19.9 Å². The maximum Gasteiger partial charge on any atom is 0.416 e. The number of non-ortho nitro benzene ring substituents is 1. The summed E-state index contributed by atoms with van der Waals surface area (Å²) in [6.45, 7) is 4.79. The summed E-state index contributed by atoms with van der Waals surface area (Å²) in [5, 5.41) is 14.4. The Morgan fingerprint density at radius 3 is 2.60 bits per heavy atom. The fourth-order valence-corrected chi connectivity index (χ4v) is 3.36. The second kappa shape index (κ2) is 11.6. The lowest BCUT2D eigenvalue weighted by molar-refractivity contribution is -0.385. The number of ether oxygens (including phenoxy) is 1. The highest BCUT2D eigenvalue weighted by Crippen LogP contribution is 2.33. The topological polar surface area (TPSA) is 123 Å². The summed E-state index contributed by atoms with van der Waals surface area (Å²) in [5.41, 5.74) is -0.461. The van der Waals surface area contributed by atoms with Gasteiger partial charge >= 0.3 is 11.9 Å². The zero-order chi connectivity index (χ0) is 24.9. The first-order valence-electron chi connectivity index (χ1n) is 10.5. The largest absolute Gasteiger partial charge is 0.416 e. The summed E-state index contributed by atoms with van der Waals surface area (Å²) in [6, 6.07) is 4.04. The van der Waals surface area contributed by atoms with Gasteiger partial charge in [-0.15, -0.1) is 0 Å². The van der Waals surface area contributed by atoms with Gasteiger partial charge in [0.1, 0.15) is 5.82 Å². The van der Waals surface area contributed by atoms with Crippen LogP contribution in [0.1, 0.15) is 44.5 Å². The van der Waals surface area contributed by atoms with Gasteiger partial charge in [-0.05, 0) is 29.7 Å². The number of anilines is 1. The summed E-state index contributed by atoms with van der Waals surface area (Å²) in [7, 11) is 0. The van der Waals surface area contributed by atoms with Gasteiger partial charge in [-0.2, -0.15) is 18.2 Å². The molecule has 2 aromatic heterocycles. The van der Waals surface area contributed by atoms with Crippen LogP contribution in [0.3, 0.4) is 0 Å². The zero-order valence-electron chi connectivity index (χ0n) is 18.4. The molecular weight excluding hydrogens is 467 g/mol. The molecule has 0 unspecified atom stereocenters. The standard InChI is InChI=1S/C20H16F3N5O4.C2H6.CH4/c21-20(22,23)13-5-11(6-14(7-13)28(30)31)9-25-18-15-8-16(12-1-3-32-4-2-12)24-10-17(15)26-19(29)27-18;1-2;/h1,5-8,10H,2-4,9H2,(H2,25,26,27,29);1-2H3;1H4. The number of aromatic nitrogens is 3. The molecule has 9 nitrogen and oxygen atoms in total. The van der Waals surface area contributed by atoms with Crippen molar-refractivity contribution in [1.82, 2.24) is 15.0 Å². The predicted molar refractivity (Wildman–Crippen MR) is 127 cm³/mol. The Hall–Kier alpha value is -3.80. The van der Waals surface area contributed by atoms with E-state index in [2.05, 4.69) is 20.3 Å². The van der Waals surface area contributed by atoms with Gasteiger partial charge in [0.25, 0.3) is 5.69 Å². The molecule has 1 aromatic carbocycles. The molecule has 0 fully saturated rings. The van der Waals surface area contributed by atoms with Crippen LogP contribution in [-0.4, -0.2) is 33.1 Å². The monoisotopic (exact) mass is 493 g/mol. The first-order valence-corrected chi connectivity index (χ1v) is 10.5. The molecule has 0 atom stereocenters. The lowest BCUT2D eigenvalue weighted by Gasteiger charge is -2.14. The number of halogens is 3. The number of nitrogens with one attached hydrogen (secondary N) is 2. The van der Waals surface area contributed by atoms with Crippen molar-refractivity contribution in [2.45, 2.75) is 40.4 Å². The molecule has 4 rings (SSSR count). The minimum atomic E-state index is -4.74. The zero-order valence-corrected chi connectivity index (χ0v) is 18.4. The van der Waals surface area contributed by atoms with Gasteiger partial charge in [-0.1, -0.05) is 27.4 Å². The second-order valence-corrected chi connectivity index (χ2v) is 7.06. The minimum absolute atomic E-state index is 0. The number of nitro benzene ring substituents is 1. The molecule has 1 aliphatic heterocycles. The molecule has 0 amide bonds. The number of H-pyrrole nitrogens is 1. The van der Waals surface area contributed by atoms with E-state index in [1.165, 1.54) is 6.20 Å². The summed E-state index contributed by atoms with van der Waals surface area (Å²) in [4.78, 5) is 32.9. The van der Waals surface area contributed by atoms with Gasteiger partial charge in [0, 0.05) is 24.1 Å². The van der Waals surface area contributed by atoms with Crippen molar-refractivity contribution in [3.8, 4) is 0 Å². The second-order valence-electron chi connectivity index (χ2n) is 7.06. The molecule has 0 bridgehead atoms. The van der Waals surface area contributed by atoms with Crippen LogP contribution in [-0.2, 0) is 17.5 Å². The highest BCUT2D eigenvalue weighted by atomic mass is 19.4. The molecule has 0 radical (unpaired) electrons.